The molecule has 6 nitrogen and oxygen atoms in total. The molecule has 5 heterocycles. The van der Waals surface area contributed by atoms with Crippen molar-refractivity contribution in [2.45, 2.75) is 12.8 Å². The van der Waals surface area contributed by atoms with E-state index in [4.69, 9.17) is 29.3 Å². The molecule has 0 radical (unpaired) electrons. The van der Waals surface area contributed by atoms with Gasteiger partial charge in [-0.25, -0.2) is 24.9 Å². The number of hydrogen-bond acceptors (Lipinski definition) is 8. The van der Waals surface area contributed by atoms with Crippen LogP contribution in [0.3, 0.4) is 0 Å². The molecule has 57 heavy (non-hydrogen) atoms. The molecule has 1 aliphatic carbocycles. The second kappa shape index (κ2) is 12.8. The first-order valence-corrected chi connectivity index (χ1v) is 20.6. The summed E-state index contributed by atoms with van der Waals surface area (Å²) in [6.45, 7) is 0. The fourth-order valence-electron chi connectivity index (χ4n) is 8.06. The lowest BCUT2D eigenvalue weighted by molar-refractivity contribution is 0.669. The zero-order chi connectivity index (χ0) is 37.5. The molecule has 0 amide bonds. The zero-order valence-corrected chi connectivity index (χ0v) is 31.9. The number of benzene rings is 6. The van der Waals surface area contributed by atoms with Crippen molar-refractivity contribution >= 4 is 90.7 Å². The number of fused-ring (bicyclic) bond motifs is 9. The third-order valence-electron chi connectivity index (χ3n) is 10.8. The van der Waals surface area contributed by atoms with Gasteiger partial charge in [0.15, 0.2) is 23.3 Å². The Hall–Kier alpha value is -6.87. The molecule has 1 aliphatic rings. The summed E-state index contributed by atoms with van der Waals surface area (Å²) in [5.74, 6) is 2.50. The molecule has 268 valence electrons. The predicted octanol–water partition coefficient (Wildman–Crippen LogP) is 13.7. The Bertz CT molecular complexity index is 3480. The number of allylic oxidation sites excluding steroid dienone is 4. The first-order chi connectivity index (χ1) is 28.2. The number of thiophene rings is 2. The molecular weight excluding hydrogens is 739 g/mol. The van der Waals surface area contributed by atoms with Crippen LogP contribution in [-0.2, 0) is 0 Å². The highest BCUT2D eigenvalue weighted by molar-refractivity contribution is 7.26. The van der Waals surface area contributed by atoms with Gasteiger partial charge in [-0.15, -0.1) is 22.7 Å². The van der Waals surface area contributed by atoms with Gasteiger partial charge in [-0.2, -0.15) is 0 Å². The first kappa shape index (κ1) is 32.4. The standard InChI is InChI=1S/C49H29N5OS2/c1-3-12-28(13-4-1)43-45-44(33-17-8-10-21-40(33)57-45)51-49(50-43)34-18-11-19-38-42(34)36-27-30(22-24-37(36)55-38)47-52-46(29-14-5-2-6-15-29)53-48(54-47)31-23-25-41-35(26-31)32-16-7-9-20-39(32)56-41/h2-3,5-27H,1,4H2. The van der Waals surface area contributed by atoms with Crippen molar-refractivity contribution < 1.29 is 4.42 Å². The van der Waals surface area contributed by atoms with Crippen molar-refractivity contribution in [2.75, 3.05) is 0 Å². The topological polar surface area (TPSA) is 77.6 Å². The highest BCUT2D eigenvalue weighted by atomic mass is 32.1. The molecule has 0 atom stereocenters. The van der Waals surface area contributed by atoms with Gasteiger partial charge < -0.3 is 4.42 Å². The molecule has 0 fully saturated rings. The molecule has 6 aromatic carbocycles. The largest absolute Gasteiger partial charge is 0.456 e. The summed E-state index contributed by atoms with van der Waals surface area (Å²) in [4.78, 5) is 25.9. The lowest BCUT2D eigenvalue weighted by Crippen LogP contribution is -2.00. The summed E-state index contributed by atoms with van der Waals surface area (Å²) in [7, 11) is 0. The van der Waals surface area contributed by atoms with Crippen LogP contribution < -0.4 is 0 Å². The fraction of sp³-hybridized carbons (Fsp3) is 0.0408. The van der Waals surface area contributed by atoms with Crippen molar-refractivity contribution in [3.8, 4) is 45.6 Å². The van der Waals surface area contributed by atoms with E-state index in [1.165, 1.54) is 24.9 Å². The average molecular weight is 768 g/mol. The molecule has 0 unspecified atom stereocenters. The van der Waals surface area contributed by atoms with Crippen LogP contribution in [-0.4, -0.2) is 24.9 Å². The molecule has 0 bridgehead atoms. The van der Waals surface area contributed by atoms with E-state index in [0.717, 1.165) is 83.9 Å². The van der Waals surface area contributed by atoms with Gasteiger partial charge in [-0.05, 0) is 73.0 Å². The van der Waals surface area contributed by atoms with Gasteiger partial charge in [-0.3, -0.25) is 0 Å². The lowest BCUT2D eigenvalue weighted by atomic mass is 10.0. The molecule has 12 rings (SSSR count). The van der Waals surface area contributed by atoms with E-state index < -0.39 is 0 Å². The summed E-state index contributed by atoms with van der Waals surface area (Å²) in [5.41, 5.74) is 8.27. The second-order valence-corrected chi connectivity index (χ2v) is 16.4. The predicted molar refractivity (Wildman–Crippen MR) is 237 cm³/mol. The van der Waals surface area contributed by atoms with Gasteiger partial charge in [0, 0.05) is 63.3 Å². The maximum atomic E-state index is 6.52. The maximum Gasteiger partial charge on any atom is 0.164 e. The Labute approximate surface area is 334 Å². The Morgan fingerprint density at radius 2 is 1.18 bits per heavy atom. The van der Waals surface area contributed by atoms with Crippen molar-refractivity contribution in [3.05, 3.63) is 157 Å². The van der Waals surface area contributed by atoms with E-state index in [1.807, 2.05) is 54.6 Å². The number of hydrogen-bond donors (Lipinski definition) is 0. The summed E-state index contributed by atoms with van der Waals surface area (Å²) in [5, 5.41) is 5.48. The summed E-state index contributed by atoms with van der Waals surface area (Å²) < 4.78 is 11.3. The summed E-state index contributed by atoms with van der Waals surface area (Å²) in [6.07, 6.45) is 8.76. The molecule has 11 aromatic rings. The van der Waals surface area contributed by atoms with Crippen LogP contribution in [0.15, 0.2) is 156 Å². The molecule has 0 aliphatic heterocycles. The fourth-order valence-corrected chi connectivity index (χ4v) is 10.3. The normalized spacial score (nSPS) is 13.2. The first-order valence-electron chi connectivity index (χ1n) is 19.0. The molecular formula is C49H29N5OS2. The van der Waals surface area contributed by atoms with Gasteiger partial charge in [0.25, 0.3) is 0 Å². The van der Waals surface area contributed by atoms with Crippen molar-refractivity contribution in [2.24, 2.45) is 0 Å². The van der Waals surface area contributed by atoms with Crippen LogP contribution in [0.2, 0.25) is 0 Å². The van der Waals surface area contributed by atoms with Gasteiger partial charge in [0.05, 0.1) is 15.9 Å². The smallest absolute Gasteiger partial charge is 0.164 e. The Morgan fingerprint density at radius 1 is 0.474 bits per heavy atom. The number of aromatic nitrogens is 5. The Kier molecular flexibility index (Phi) is 7.30. The molecule has 0 spiro atoms. The molecule has 0 saturated carbocycles. The SMILES string of the molecule is C1=CC(c2nc(-c3cccc4oc5ccc(-c6nc(-c7ccccc7)nc(-c7ccc8sc9ccccc9c8c7)n6)cc5c34)nc3c2sc2ccccc23)=CCC1. The monoisotopic (exact) mass is 767 g/mol. The van der Waals surface area contributed by atoms with E-state index in [9.17, 15) is 0 Å². The highest BCUT2D eigenvalue weighted by Crippen LogP contribution is 2.42. The molecule has 8 heteroatoms. The molecule has 0 saturated heterocycles. The maximum absolute atomic E-state index is 6.52. The van der Waals surface area contributed by atoms with Gasteiger partial charge in [-0.1, -0.05) is 97.1 Å². The van der Waals surface area contributed by atoms with E-state index in [0.29, 0.717) is 23.3 Å². The minimum Gasteiger partial charge on any atom is -0.456 e. The van der Waals surface area contributed by atoms with Crippen LogP contribution in [0.1, 0.15) is 18.5 Å². The average Bonchev–Trinajstić information content (AvgIpc) is 3.97. The summed E-state index contributed by atoms with van der Waals surface area (Å²) >= 11 is 3.56. The lowest BCUT2D eigenvalue weighted by Gasteiger charge is -2.11. The highest BCUT2D eigenvalue weighted by Gasteiger charge is 2.22. The summed E-state index contributed by atoms with van der Waals surface area (Å²) in [6, 6.07) is 46.0. The molecule has 5 aromatic heterocycles. The van der Waals surface area contributed by atoms with Crippen LogP contribution in [0.5, 0.6) is 0 Å². The van der Waals surface area contributed by atoms with Gasteiger partial charge in [0.1, 0.15) is 11.2 Å². The van der Waals surface area contributed by atoms with E-state index in [2.05, 4.69) is 97.1 Å². The van der Waals surface area contributed by atoms with Crippen LogP contribution in [0.4, 0.5) is 0 Å². The minimum atomic E-state index is 0.587. The van der Waals surface area contributed by atoms with Crippen molar-refractivity contribution in [1.82, 2.24) is 24.9 Å². The van der Waals surface area contributed by atoms with E-state index in [-0.39, 0.29) is 0 Å². The van der Waals surface area contributed by atoms with E-state index >= 15 is 0 Å². The van der Waals surface area contributed by atoms with Crippen LogP contribution >= 0.6 is 22.7 Å². The quantitative estimate of drug-likeness (QED) is 0.174. The van der Waals surface area contributed by atoms with Crippen LogP contribution in [0.25, 0.3) is 114 Å². The number of nitrogens with zero attached hydrogens (tertiary/aromatic N) is 5. The number of rotatable bonds is 5. The number of furan rings is 1. The third-order valence-corrected chi connectivity index (χ3v) is 13.1. The van der Waals surface area contributed by atoms with Crippen molar-refractivity contribution in [3.63, 3.8) is 0 Å². The Morgan fingerprint density at radius 3 is 1.98 bits per heavy atom. The second-order valence-electron chi connectivity index (χ2n) is 14.3. The van der Waals surface area contributed by atoms with Crippen LogP contribution in [0, 0.1) is 0 Å². The Balaban J connectivity index is 1.06. The van der Waals surface area contributed by atoms with Gasteiger partial charge in [0.2, 0.25) is 0 Å². The van der Waals surface area contributed by atoms with Crippen molar-refractivity contribution in [1.29, 1.82) is 0 Å². The third kappa shape index (κ3) is 5.33. The van der Waals surface area contributed by atoms with E-state index in [1.54, 1.807) is 22.7 Å². The zero-order valence-electron chi connectivity index (χ0n) is 30.3. The van der Waals surface area contributed by atoms with Gasteiger partial charge >= 0.3 is 0 Å². The minimum absolute atomic E-state index is 0.587. The molecule has 0 N–H and O–H groups in total.